The molecule has 0 aromatic heterocycles. The van der Waals surface area contributed by atoms with Gasteiger partial charge in [-0.15, -0.1) is 0 Å². The lowest BCUT2D eigenvalue weighted by Gasteiger charge is -2.27. The van der Waals surface area contributed by atoms with Crippen LogP contribution in [0, 0.1) is 17.3 Å². The van der Waals surface area contributed by atoms with Gasteiger partial charge in [0.05, 0.1) is 18.8 Å². The van der Waals surface area contributed by atoms with Crippen molar-refractivity contribution in [3.8, 4) is 0 Å². The van der Waals surface area contributed by atoms with Crippen LogP contribution in [0.15, 0.2) is 12.2 Å². The van der Waals surface area contributed by atoms with Crippen molar-refractivity contribution in [1.82, 2.24) is 0 Å². The highest BCUT2D eigenvalue weighted by Gasteiger charge is 2.58. The summed E-state index contributed by atoms with van der Waals surface area (Å²) in [5.41, 5.74) is -2.01. The maximum Gasteiger partial charge on any atom is 0.320 e. The Bertz CT molecular complexity index is 446. The first kappa shape index (κ1) is 19.8. The zero-order valence-electron chi connectivity index (χ0n) is 13.8. The number of ketones is 1. The normalized spacial score (nSPS) is 30.7. The molecule has 0 amide bonds. The van der Waals surface area contributed by atoms with Gasteiger partial charge in [0.1, 0.15) is 0 Å². The summed E-state index contributed by atoms with van der Waals surface area (Å²) in [5.74, 6) is -2.83. The van der Waals surface area contributed by atoms with E-state index in [1.807, 2.05) is 6.92 Å². The summed E-state index contributed by atoms with van der Waals surface area (Å²) in [6.07, 6.45) is 4.28. The quantitative estimate of drug-likeness (QED) is 0.373. The first-order valence-electron chi connectivity index (χ1n) is 8.21. The minimum atomic E-state index is -2.01. The molecule has 6 heteroatoms. The summed E-state index contributed by atoms with van der Waals surface area (Å²) in [6.45, 7) is 3.27. The molecule has 0 saturated heterocycles. The fourth-order valence-corrected chi connectivity index (χ4v) is 3.24. The van der Waals surface area contributed by atoms with Gasteiger partial charge in [-0.1, -0.05) is 45.3 Å². The van der Waals surface area contributed by atoms with Gasteiger partial charge in [-0.2, -0.15) is 0 Å². The number of aliphatic hydroxyl groups is 3. The summed E-state index contributed by atoms with van der Waals surface area (Å²) in [5, 5.41) is 38.8. The third kappa shape index (κ3) is 4.40. The number of aliphatic hydroxyl groups excluding tert-OH is 3. The molecule has 0 heterocycles. The Kier molecular flexibility index (Phi) is 7.38. The SMILES string of the molecule is CCCC[C@@H](C)C[C@H](O)/C=C/[C@H]1[C@H](O)CC(=O)C1(CO)C(=O)O. The van der Waals surface area contributed by atoms with Crippen LogP contribution in [0.4, 0.5) is 0 Å². The van der Waals surface area contributed by atoms with Crippen LogP contribution in [0.25, 0.3) is 0 Å². The van der Waals surface area contributed by atoms with Gasteiger partial charge in [0.25, 0.3) is 0 Å². The second-order valence-electron chi connectivity index (χ2n) is 6.59. The zero-order chi connectivity index (χ0) is 17.6. The molecule has 1 saturated carbocycles. The average Bonchev–Trinajstić information content (AvgIpc) is 2.73. The molecule has 0 aromatic carbocycles. The highest BCUT2D eigenvalue weighted by atomic mass is 16.4. The molecule has 0 radical (unpaired) electrons. The van der Waals surface area contributed by atoms with Crippen molar-refractivity contribution in [1.29, 1.82) is 0 Å². The fourth-order valence-electron chi connectivity index (χ4n) is 3.24. The van der Waals surface area contributed by atoms with Crippen LogP contribution in [-0.2, 0) is 9.59 Å². The molecule has 0 bridgehead atoms. The van der Waals surface area contributed by atoms with Gasteiger partial charge in [0.15, 0.2) is 11.2 Å². The number of Topliss-reactive ketones (excluding diaryl/α,β-unsaturated/α-hetero) is 1. The molecule has 5 atom stereocenters. The summed E-state index contributed by atoms with van der Waals surface area (Å²) >= 11 is 0. The van der Waals surface area contributed by atoms with Crippen LogP contribution in [0.3, 0.4) is 0 Å². The molecule has 1 unspecified atom stereocenters. The Balaban J connectivity index is 2.79. The van der Waals surface area contributed by atoms with Crippen molar-refractivity contribution in [3.05, 3.63) is 12.2 Å². The monoisotopic (exact) mass is 328 g/mol. The van der Waals surface area contributed by atoms with E-state index >= 15 is 0 Å². The number of carboxylic acids is 1. The summed E-state index contributed by atoms with van der Waals surface area (Å²) < 4.78 is 0. The lowest BCUT2D eigenvalue weighted by atomic mass is 9.77. The Morgan fingerprint density at radius 1 is 1.48 bits per heavy atom. The largest absolute Gasteiger partial charge is 0.480 e. The number of aliphatic carboxylic acids is 1. The smallest absolute Gasteiger partial charge is 0.320 e. The molecular formula is C17H28O6. The van der Waals surface area contributed by atoms with Gasteiger partial charge in [-0.3, -0.25) is 9.59 Å². The molecule has 1 aliphatic carbocycles. The Morgan fingerprint density at radius 3 is 2.65 bits per heavy atom. The van der Waals surface area contributed by atoms with Gasteiger partial charge in [0, 0.05) is 12.3 Å². The van der Waals surface area contributed by atoms with Crippen molar-refractivity contribution < 1.29 is 30.0 Å². The maximum atomic E-state index is 11.9. The number of carboxylic acid groups (broad SMARTS) is 1. The Labute approximate surface area is 136 Å². The molecule has 4 N–H and O–H groups in total. The molecule has 1 aliphatic rings. The number of unbranched alkanes of at least 4 members (excludes halogenated alkanes) is 1. The van der Waals surface area contributed by atoms with Gasteiger partial charge in [0.2, 0.25) is 0 Å². The maximum absolute atomic E-state index is 11.9. The van der Waals surface area contributed by atoms with Gasteiger partial charge in [-0.25, -0.2) is 0 Å². The van der Waals surface area contributed by atoms with Crippen molar-refractivity contribution in [2.24, 2.45) is 17.3 Å². The molecule has 0 aromatic rings. The second kappa shape index (κ2) is 8.57. The Morgan fingerprint density at radius 2 is 2.13 bits per heavy atom. The first-order chi connectivity index (χ1) is 10.8. The molecule has 0 spiro atoms. The highest BCUT2D eigenvalue weighted by molar-refractivity contribution is 6.06. The van der Waals surface area contributed by atoms with Gasteiger partial charge in [-0.05, 0) is 12.3 Å². The summed E-state index contributed by atoms with van der Waals surface area (Å²) in [7, 11) is 0. The van der Waals surface area contributed by atoms with Crippen molar-refractivity contribution in [2.45, 2.75) is 58.2 Å². The van der Waals surface area contributed by atoms with Crippen LogP contribution in [0.1, 0.15) is 46.0 Å². The van der Waals surface area contributed by atoms with E-state index in [1.165, 1.54) is 12.2 Å². The minimum absolute atomic E-state index is 0.301. The number of rotatable bonds is 9. The minimum Gasteiger partial charge on any atom is -0.480 e. The van der Waals surface area contributed by atoms with Gasteiger partial charge < -0.3 is 20.4 Å². The van der Waals surface area contributed by atoms with E-state index in [9.17, 15) is 30.0 Å². The van der Waals surface area contributed by atoms with Crippen molar-refractivity contribution >= 4 is 11.8 Å². The molecule has 23 heavy (non-hydrogen) atoms. The van der Waals surface area contributed by atoms with E-state index < -0.39 is 41.9 Å². The van der Waals surface area contributed by atoms with E-state index in [4.69, 9.17) is 0 Å². The molecule has 0 aliphatic heterocycles. The topological polar surface area (TPSA) is 115 Å². The summed E-state index contributed by atoms with van der Waals surface area (Å²) in [6, 6.07) is 0. The first-order valence-corrected chi connectivity index (χ1v) is 8.21. The van der Waals surface area contributed by atoms with E-state index in [0.29, 0.717) is 12.3 Å². The summed E-state index contributed by atoms with van der Waals surface area (Å²) in [4.78, 5) is 23.4. The average molecular weight is 328 g/mol. The number of carbonyl (C=O) groups is 2. The highest BCUT2D eigenvalue weighted by Crippen LogP contribution is 2.42. The molecule has 132 valence electrons. The fraction of sp³-hybridized carbons (Fsp3) is 0.765. The lowest BCUT2D eigenvalue weighted by molar-refractivity contribution is -0.158. The second-order valence-corrected chi connectivity index (χ2v) is 6.59. The van der Waals surface area contributed by atoms with Crippen LogP contribution in [0.2, 0.25) is 0 Å². The Hall–Kier alpha value is -1.24. The molecule has 1 rings (SSSR count). The van der Waals surface area contributed by atoms with Crippen LogP contribution in [0.5, 0.6) is 0 Å². The molecule has 6 nitrogen and oxygen atoms in total. The van der Waals surface area contributed by atoms with E-state index in [0.717, 1.165) is 19.3 Å². The van der Waals surface area contributed by atoms with Crippen LogP contribution in [-0.4, -0.2) is 51.0 Å². The third-order valence-electron chi connectivity index (χ3n) is 4.74. The van der Waals surface area contributed by atoms with E-state index in [-0.39, 0.29) is 6.42 Å². The molecular weight excluding hydrogens is 300 g/mol. The third-order valence-corrected chi connectivity index (χ3v) is 4.74. The lowest BCUT2D eigenvalue weighted by Crippen LogP contribution is -2.45. The van der Waals surface area contributed by atoms with E-state index in [1.54, 1.807) is 0 Å². The predicted molar refractivity (Wildman–Crippen MR) is 84.7 cm³/mol. The van der Waals surface area contributed by atoms with E-state index in [2.05, 4.69) is 6.92 Å². The number of hydrogen-bond donors (Lipinski definition) is 4. The van der Waals surface area contributed by atoms with Crippen LogP contribution >= 0.6 is 0 Å². The standard InChI is InChI=1S/C17H28O6/c1-3-4-5-11(2)8-12(19)6-7-13-14(20)9-15(21)17(13,10-18)16(22)23/h6-7,11-14,18-20H,3-5,8-10H2,1-2H3,(H,22,23)/b7-6+/t11-,12-,13+,14-,17?/m1/s1. The predicted octanol–water partition coefficient (Wildman–Crippen LogP) is 1.13. The number of hydrogen-bond acceptors (Lipinski definition) is 5. The van der Waals surface area contributed by atoms with Crippen molar-refractivity contribution in [2.75, 3.05) is 6.61 Å². The van der Waals surface area contributed by atoms with Gasteiger partial charge >= 0.3 is 5.97 Å². The molecule has 1 fully saturated rings. The van der Waals surface area contributed by atoms with Crippen LogP contribution < -0.4 is 0 Å². The number of carbonyl (C=O) groups excluding carboxylic acids is 1. The zero-order valence-corrected chi connectivity index (χ0v) is 13.8. The van der Waals surface area contributed by atoms with Crippen molar-refractivity contribution in [3.63, 3.8) is 0 Å².